The van der Waals surface area contributed by atoms with Crippen LogP contribution in [0.25, 0.3) is 0 Å². The molecule has 0 radical (unpaired) electrons. The van der Waals surface area contributed by atoms with E-state index in [-0.39, 0.29) is 37.0 Å². The predicted molar refractivity (Wildman–Crippen MR) is 134 cm³/mol. The lowest BCUT2D eigenvalue weighted by Gasteiger charge is -2.34. The van der Waals surface area contributed by atoms with E-state index in [4.69, 9.17) is 4.74 Å². The maximum Gasteiger partial charge on any atom is 0.416 e. The molecule has 0 bridgehead atoms. The second-order valence-electron chi connectivity index (χ2n) is 9.97. The van der Waals surface area contributed by atoms with Crippen LogP contribution in [-0.4, -0.2) is 73.8 Å². The summed E-state index contributed by atoms with van der Waals surface area (Å²) in [7, 11) is 5.76. The number of halogens is 3. The summed E-state index contributed by atoms with van der Waals surface area (Å²) in [6.07, 6.45) is -4.48. The molecule has 1 aliphatic rings. The molecule has 0 aliphatic carbocycles. The Bertz CT molecular complexity index is 1030. The number of rotatable bonds is 7. The first-order chi connectivity index (χ1) is 16.9. The average molecular weight is 508 g/mol. The highest BCUT2D eigenvalue weighted by Crippen LogP contribution is 2.31. The topological polar surface area (TPSA) is 56.2 Å². The molecule has 6 nitrogen and oxygen atoms in total. The largest absolute Gasteiger partial charge is 0.488 e. The minimum absolute atomic E-state index is 0.0579. The van der Waals surface area contributed by atoms with Gasteiger partial charge in [-0.2, -0.15) is 13.2 Å². The molecule has 0 spiro atoms. The van der Waals surface area contributed by atoms with Crippen molar-refractivity contribution >= 4 is 11.6 Å². The monoisotopic (exact) mass is 507 g/mol. The van der Waals surface area contributed by atoms with Crippen LogP contribution in [0.2, 0.25) is 0 Å². The molecule has 0 fully saturated rings. The number of aliphatic hydroxyl groups excluding tert-OH is 1. The van der Waals surface area contributed by atoms with Crippen LogP contribution in [0.15, 0.2) is 42.5 Å². The Balaban J connectivity index is 1.85. The van der Waals surface area contributed by atoms with Crippen molar-refractivity contribution < 1.29 is 27.8 Å². The zero-order valence-corrected chi connectivity index (χ0v) is 21.5. The predicted octanol–water partition coefficient (Wildman–Crippen LogP) is 4.05. The summed E-state index contributed by atoms with van der Waals surface area (Å²) in [5, 5.41) is 9.77. The molecule has 198 valence electrons. The number of hydrogen-bond donors (Lipinski definition) is 1. The molecule has 0 unspecified atom stereocenters. The Labute approximate surface area is 211 Å². The highest BCUT2D eigenvalue weighted by molar-refractivity contribution is 5.80. The maximum absolute atomic E-state index is 13.2. The van der Waals surface area contributed by atoms with Crippen LogP contribution in [0, 0.1) is 5.92 Å². The first-order valence-corrected chi connectivity index (χ1v) is 12.1. The van der Waals surface area contributed by atoms with Gasteiger partial charge in [0.1, 0.15) is 11.9 Å². The van der Waals surface area contributed by atoms with Crippen molar-refractivity contribution in [3.05, 3.63) is 59.2 Å². The average Bonchev–Trinajstić information content (AvgIpc) is 2.85. The van der Waals surface area contributed by atoms with E-state index in [1.54, 1.807) is 4.90 Å². The van der Waals surface area contributed by atoms with E-state index in [1.165, 1.54) is 12.1 Å². The number of benzene rings is 2. The smallest absolute Gasteiger partial charge is 0.416 e. The molecule has 1 aliphatic heterocycles. The Morgan fingerprint density at radius 1 is 1.14 bits per heavy atom. The van der Waals surface area contributed by atoms with Crippen LogP contribution in [0.3, 0.4) is 0 Å². The molecule has 3 atom stereocenters. The van der Waals surface area contributed by atoms with Crippen LogP contribution >= 0.6 is 0 Å². The van der Waals surface area contributed by atoms with Crippen molar-refractivity contribution in [1.29, 1.82) is 0 Å². The number of carbonyl (C=O) groups is 1. The summed E-state index contributed by atoms with van der Waals surface area (Å²) in [5.41, 5.74) is 1.84. The molecule has 1 N–H and O–H groups in total. The van der Waals surface area contributed by atoms with Crippen molar-refractivity contribution in [3.63, 3.8) is 0 Å². The molecule has 0 aromatic heterocycles. The quantitative estimate of drug-likeness (QED) is 0.613. The molecule has 2 aromatic carbocycles. The van der Waals surface area contributed by atoms with Gasteiger partial charge < -0.3 is 19.6 Å². The fourth-order valence-corrected chi connectivity index (χ4v) is 4.39. The Morgan fingerprint density at radius 2 is 1.81 bits per heavy atom. The number of amides is 1. The van der Waals surface area contributed by atoms with Gasteiger partial charge in [0.05, 0.1) is 24.6 Å². The number of likely N-dealkylation sites (N-methyl/N-ethyl adjacent to an activating group) is 1. The van der Waals surface area contributed by atoms with Gasteiger partial charge in [-0.15, -0.1) is 0 Å². The fraction of sp³-hybridized carbons (Fsp3) is 0.519. The molecule has 1 heterocycles. The van der Waals surface area contributed by atoms with Crippen LogP contribution in [0.4, 0.5) is 18.9 Å². The first-order valence-electron chi connectivity index (χ1n) is 12.1. The van der Waals surface area contributed by atoms with Crippen molar-refractivity contribution in [3.8, 4) is 5.75 Å². The van der Waals surface area contributed by atoms with Crippen molar-refractivity contribution in [1.82, 2.24) is 9.80 Å². The van der Waals surface area contributed by atoms with Gasteiger partial charge in [0.2, 0.25) is 5.91 Å². The molecular formula is C27H36F3N3O3. The number of fused-ring (bicyclic) bond motifs is 1. The lowest BCUT2D eigenvalue weighted by atomic mass is 10.0. The fourth-order valence-electron chi connectivity index (χ4n) is 4.39. The van der Waals surface area contributed by atoms with Gasteiger partial charge in [0, 0.05) is 50.9 Å². The first kappa shape index (κ1) is 27.8. The molecular weight excluding hydrogens is 471 g/mol. The van der Waals surface area contributed by atoms with Gasteiger partial charge in [-0.1, -0.05) is 19.1 Å². The molecule has 36 heavy (non-hydrogen) atoms. The van der Waals surface area contributed by atoms with Gasteiger partial charge in [0.15, 0.2) is 0 Å². The van der Waals surface area contributed by atoms with Crippen LogP contribution in [0.5, 0.6) is 5.75 Å². The van der Waals surface area contributed by atoms with Gasteiger partial charge in [-0.3, -0.25) is 9.69 Å². The molecule has 0 saturated heterocycles. The summed E-state index contributed by atoms with van der Waals surface area (Å²) in [4.78, 5) is 18.9. The van der Waals surface area contributed by atoms with Gasteiger partial charge in [0.25, 0.3) is 0 Å². The Morgan fingerprint density at radius 3 is 2.39 bits per heavy atom. The summed E-state index contributed by atoms with van der Waals surface area (Å²) in [5.74, 6) is 0.521. The third kappa shape index (κ3) is 6.91. The summed E-state index contributed by atoms with van der Waals surface area (Å²) >= 11 is 0. The van der Waals surface area contributed by atoms with Gasteiger partial charge >= 0.3 is 6.18 Å². The molecule has 2 aromatic rings. The standard InChI is InChI=1S/C27H36F3N3O3/c1-18-14-33(19(2)17-34)26(35)13-21-12-23(31(3)4)10-11-24(21)36-25(18)16-32(5)15-20-6-8-22(9-7-20)27(28,29)30/h6-12,18-19,25,34H,13-17H2,1-5H3/t18-,19+,25+/m0/s1. The lowest BCUT2D eigenvalue weighted by Crippen LogP contribution is -2.47. The van der Waals surface area contributed by atoms with Crippen molar-refractivity contribution in [2.75, 3.05) is 45.7 Å². The highest BCUT2D eigenvalue weighted by atomic mass is 19.4. The zero-order chi connectivity index (χ0) is 26.6. The van der Waals surface area contributed by atoms with E-state index >= 15 is 0 Å². The van der Waals surface area contributed by atoms with Gasteiger partial charge in [-0.25, -0.2) is 0 Å². The van der Waals surface area contributed by atoms with Crippen molar-refractivity contribution in [2.24, 2.45) is 5.92 Å². The van der Waals surface area contributed by atoms with E-state index in [0.717, 1.165) is 28.9 Å². The van der Waals surface area contributed by atoms with E-state index < -0.39 is 11.7 Å². The number of anilines is 1. The minimum Gasteiger partial charge on any atom is -0.488 e. The molecule has 1 amide bonds. The number of aliphatic hydroxyl groups is 1. The second kappa shape index (κ2) is 11.5. The van der Waals surface area contributed by atoms with Crippen LogP contribution in [0.1, 0.15) is 30.5 Å². The number of alkyl halides is 3. The van der Waals surface area contributed by atoms with E-state index in [0.29, 0.717) is 25.4 Å². The number of nitrogens with zero attached hydrogens (tertiary/aromatic N) is 3. The normalized spacial score (nSPS) is 19.7. The second-order valence-corrected chi connectivity index (χ2v) is 9.97. The maximum atomic E-state index is 13.2. The highest BCUT2D eigenvalue weighted by Gasteiger charge is 2.32. The summed E-state index contributed by atoms with van der Waals surface area (Å²) in [6.45, 7) is 5.09. The third-order valence-electron chi connectivity index (χ3n) is 6.64. The molecule has 9 heteroatoms. The number of hydrogen-bond acceptors (Lipinski definition) is 5. The van der Waals surface area contributed by atoms with E-state index in [2.05, 4.69) is 0 Å². The Kier molecular flexibility index (Phi) is 8.89. The lowest BCUT2D eigenvalue weighted by molar-refractivity contribution is -0.137. The zero-order valence-electron chi connectivity index (χ0n) is 21.5. The number of ether oxygens (including phenoxy) is 1. The van der Waals surface area contributed by atoms with E-state index in [1.807, 2.05) is 63.0 Å². The Hall–Kier alpha value is -2.78. The number of carbonyl (C=O) groups excluding carboxylic acids is 1. The molecule has 3 rings (SSSR count). The summed E-state index contributed by atoms with van der Waals surface area (Å²) in [6, 6.07) is 10.6. The van der Waals surface area contributed by atoms with E-state index in [9.17, 15) is 23.1 Å². The SMILES string of the molecule is C[C@H](CO)N1C[C@H](C)[C@@H](CN(C)Cc2ccc(C(F)(F)F)cc2)Oc2ccc(N(C)C)cc2CC1=O. The summed E-state index contributed by atoms with van der Waals surface area (Å²) < 4.78 is 45.2. The molecule has 0 saturated carbocycles. The van der Waals surface area contributed by atoms with Crippen LogP contribution < -0.4 is 9.64 Å². The minimum atomic E-state index is -4.36. The third-order valence-corrected chi connectivity index (χ3v) is 6.64. The van der Waals surface area contributed by atoms with Gasteiger partial charge in [-0.05, 0) is 49.9 Å². The van der Waals surface area contributed by atoms with Crippen LogP contribution in [-0.2, 0) is 23.9 Å². The van der Waals surface area contributed by atoms with Crippen molar-refractivity contribution in [2.45, 2.75) is 45.1 Å².